The zero-order valence-corrected chi connectivity index (χ0v) is 9.64. The Morgan fingerprint density at radius 2 is 1.81 bits per heavy atom. The molecule has 4 nitrogen and oxygen atoms in total. The van der Waals surface area contributed by atoms with Crippen LogP contribution in [0.1, 0.15) is 12.8 Å². The van der Waals surface area contributed by atoms with E-state index in [1.807, 2.05) is 17.1 Å². The lowest BCUT2D eigenvalue weighted by atomic mass is 10.1. The highest BCUT2D eigenvalue weighted by Crippen LogP contribution is 2.18. The summed E-state index contributed by atoms with van der Waals surface area (Å²) in [5.41, 5.74) is 0.788. The fraction of sp³-hybridized carbons (Fsp3) is 0.455. The topological polar surface area (TPSA) is 48.2 Å². The number of aliphatic hydroxyl groups excluding tert-OH is 1. The molecule has 0 amide bonds. The molecule has 1 aromatic carbocycles. The van der Waals surface area contributed by atoms with Gasteiger partial charge in [0.05, 0.1) is 11.8 Å². The number of hydrogen-bond donors (Lipinski definition) is 1. The summed E-state index contributed by atoms with van der Waals surface area (Å²) >= 11 is 5.77. The normalized spacial score (nSPS) is 18.2. The molecule has 1 aromatic rings. The summed E-state index contributed by atoms with van der Waals surface area (Å²) in [7, 11) is 0. The Balaban J connectivity index is 1.91. The first-order valence-corrected chi connectivity index (χ1v) is 5.72. The van der Waals surface area contributed by atoms with Crippen LogP contribution in [-0.2, 0) is 0 Å². The molecule has 5 heteroatoms. The number of nitrogens with zero attached hydrogens (tertiary/aromatic N) is 3. The molecule has 0 atom stereocenters. The maximum absolute atomic E-state index is 9.33. The zero-order valence-electron chi connectivity index (χ0n) is 8.88. The van der Waals surface area contributed by atoms with Gasteiger partial charge < -0.3 is 5.11 Å². The molecule has 1 heterocycles. The maximum Gasteiger partial charge on any atom is 0.0875 e. The van der Waals surface area contributed by atoms with Gasteiger partial charge in [0.25, 0.3) is 0 Å². The van der Waals surface area contributed by atoms with E-state index in [4.69, 9.17) is 11.6 Å². The van der Waals surface area contributed by atoms with Gasteiger partial charge in [-0.15, -0.1) is 5.11 Å². The van der Waals surface area contributed by atoms with E-state index in [0.29, 0.717) is 5.02 Å². The molecule has 2 rings (SSSR count). The quantitative estimate of drug-likeness (QED) is 0.807. The summed E-state index contributed by atoms with van der Waals surface area (Å²) in [5, 5.41) is 20.1. The van der Waals surface area contributed by atoms with Crippen LogP contribution in [0.3, 0.4) is 0 Å². The van der Waals surface area contributed by atoms with Crippen LogP contribution < -0.4 is 0 Å². The molecule has 0 saturated carbocycles. The van der Waals surface area contributed by atoms with E-state index in [1.54, 1.807) is 12.1 Å². The van der Waals surface area contributed by atoms with Crippen LogP contribution in [0.15, 0.2) is 34.6 Å². The lowest BCUT2D eigenvalue weighted by molar-refractivity contribution is 0.0804. The molecule has 16 heavy (non-hydrogen) atoms. The van der Waals surface area contributed by atoms with Crippen LogP contribution in [0.25, 0.3) is 0 Å². The second-order valence-corrected chi connectivity index (χ2v) is 4.29. The second-order valence-electron chi connectivity index (χ2n) is 3.85. The Hall–Kier alpha value is -1.13. The van der Waals surface area contributed by atoms with Gasteiger partial charge in [-0.3, -0.25) is 5.01 Å². The Morgan fingerprint density at radius 3 is 2.44 bits per heavy atom. The van der Waals surface area contributed by atoms with Gasteiger partial charge in [-0.1, -0.05) is 16.8 Å². The SMILES string of the molecule is OC1CCN(N=Nc2ccc(Cl)cc2)CC1. The van der Waals surface area contributed by atoms with Crippen molar-refractivity contribution in [1.82, 2.24) is 5.01 Å². The summed E-state index contributed by atoms with van der Waals surface area (Å²) < 4.78 is 0. The first-order valence-electron chi connectivity index (χ1n) is 5.34. The van der Waals surface area contributed by atoms with E-state index in [2.05, 4.69) is 10.3 Å². The highest BCUT2D eigenvalue weighted by molar-refractivity contribution is 6.30. The fourth-order valence-corrected chi connectivity index (χ4v) is 1.69. The van der Waals surface area contributed by atoms with Crippen molar-refractivity contribution in [1.29, 1.82) is 0 Å². The predicted molar refractivity (Wildman–Crippen MR) is 62.8 cm³/mol. The van der Waals surface area contributed by atoms with E-state index in [1.165, 1.54) is 0 Å². The molecule has 0 unspecified atom stereocenters. The van der Waals surface area contributed by atoms with Crippen molar-refractivity contribution in [2.45, 2.75) is 18.9 Å². The minimum atomic E-state index is -0.179. The van der Waals surface area contributed by atoms with Gasteiger partial charge in [0, 0.05) is 18.1 Å². The summed E-state index contributed by atoms with van der Waals surface area (Å²) in [6.45, 7) is 1.52. The van der Waals surface area contributed by atoms with Crippen LogP contribution in [0.4, 0.5) is 5.69 Å². The monoisotopic (exact) mass is 239 g/mol. The maximum atomic E-state index is 9.33. The second kappa shape index (κ2) is 5.27. The van der Waals surface area contributed by atoms with Crippen molar-refractivity contribution in [3.8, 4) is 0 Å². The number of hydrogen-bond acceptors (Lipinski definition) is 3. The lowest BCUT2D eigenvalue weighted by Crippen LogP contribution is -2.31. The van der Waals surface area contributed by atoms with Gasteiger partial charge in [-0.05, 0) is 37.1 Å². The number of aliphatic hydroxyl groups is 1. The molecular weight excluding hydrogens is 226 g/mol. The third-order valence-electron chi connectivity index (χ3n) is 2.55. The third-order valence-corrected chi connectivity index (χ3v) is 2.81. The molecule has 0 bridgehead atoms. The Morgan fingerprint density at radius 1 is 1.19 bits per heavy atom. The van der Waals surface area contributed by atoms with Crippen molar-refractivity contribution < 1.29 is 5.11 Å². The smallest absolute Gasteiger partial charge is 0.0875 e. The molecular formula is C11H14ClN3O. The minimum Gasteiger partial charge on any atom is -0.393 e. The molecule has 0 aliphatic carbocycles. The summed E-state index contributed by atoms with van der Waals surface area (Å²) in [6, 6.07) is 7.22. The highest BCUT2D eigenvalue weighted by Gasteiger charge is 2.15. The van der Waals surface area contributed by atoms with Gasteiger partial charge >= 0.3 is 0 Å². The van der Waals surface area contributed by atoms with Crippen molar-refractivity contribution in [3.63, 3.8) is 0 Å². The fourth-order valence-electron chi connectivity index (χ4n) is 1.56. The van der Waals surface area contributed by atoms with E-state index in [-0.39, 0.29) is 6.10 Å². The number of rotatable bonds is 2. The van der Waals surface area contributed by atoms with Gasteiger partial charge in [-0.2, -0.15) is 0 Å². The first-order chi connectivity index (χ1) is 7.74. The molecule has 1 N–H and O–H groups in total. The van der Waals surface area contributed by atoms with Crippen LogP contribution in [0.5, 0.6) is 0 Å². The Bertz CT molecular complexity index is 358. The number of piperidine rings is 1. The molecule has 86 valence electrons. The van der Waals surface area contributed by atoms with E-state index in [0.717, 1.165) is 31.6 Å². The van der Waals surface area contributed by atoms with Gasteiger partial charge in [0.1, 0.15) is 0 Å². The Kier molecular flexibility index (Phi) is 3.74. The lowest BCUT2D eigenvalue weighted by Gasteiger charge is -2.25. The highest BCUT2D eigenvalue weighted by atomic mass is 35.5. The van der Waals surface area contributed by atoms with E-state index in [9.17, 15) is 5.11 Å². The van der Waals surface area contributed by atoms with Gasteiger partial charge in [0.15, 0.2) is 0 Å². The molecule has 0 spiro atoms. The van der Waals surface area contributed by atoms with Gasteiger partial charge in [0.2, 0.25) is 0 Å². The predicted octanol–water partition coefficient (Wildman–Crippen LogP) is 2.80. The van der Waals surface area contributed by atoms with Crippen molar-refractivity contribution >= 4 is 17.3 Å². The van der Waals surface area contributed by atoms with Crippen LogP contribution in [-0.4, -0.2) is 29.3 Å². The summed E-state index contributed by atoms with van der Waals surface area (Å²) in [6.07, 6.45) is 1.35. The molecule has 1 aliphatic rings. The minimum absolute atomic E-state index is 0.179. The van der Waals surface area contributed by atoms with E-state index >= 15 is 0 Å². The molecule has 1 fully saturated rings. The molecule has 1 saturated heterocycles. The van der Waals surface area contributed by atoms with E-state index < -0.39 is 0 Å². The standard InChI is InChI=1S/C11H14ClN3O/c12-9-1-3-10(4-2-9)13-14-15-7-5-11(16)6-8-15/h1-4,11,16H,5-8H2. The largest absolute Gasteiger partial charge is 0.393 e. The van der Waals surface area contributed by atoms with Gasteiger partial charge in [-0.25, -0.2) is 0 Å². The van der Waals surface area contributed by atoms with Crippen LogP contribution in [0, 0.1) is 0 Å². The van der Waals surface area contributed by atoms with Crippen LogP contribution in [0.2, 0.25) is 5.02 Å². The van der Waals surface area contributed by atoms with Crippen LogP contribution >= 0.6 is 11.6 Å². The van der Waals surface area contributed by atoms with Crippen molar-refractivity contribution in [3.05, 3.63) is 29.3 Å². The third kappa shape index (κ3) is 3.18. The van der Waals surface area contributed by atoms with Crippen molar-refractivity contribution in [2.75, 3.05) is 13.1 Å². The first kappa shape index (κ1) is 11.4. The summed E-state index contributed by atoms with van der Waals surface area (Å²) in [5.74, 6) is 0. The number of halogens is 1. The molecule has 0 radical (unpaired) electrons. The average molecular weight is 240 g/mol. The Labute approximate surface area is 99.5 Å². The van der Waals surface area contributed by atoms with Crippen molar-refractivity contribution in [2.24, 2.45) is 10.3 Å². The summed E-state index contributed by atoms with van der Waals surface area (Å²) in [4.78, 5) is 0. The number of benzene rings is 1. The molecule has 1 aliphatic heterocycles. The molecule has 0 aromatic heterocycles. The zero-order chi connectivity index (χ0) is 11.4. The average Bonchev–Trinajstić information content (AvgIpc) is 2.30.